The predicted molar refractivity (Wildman–Crippen MR) is 78.9 cm³/mol. The van der Waals surface area contributed by atoms with Gasteiger partial charge in [0.05, 0.1) is 0 Å². The van der Waals surface area contributed by atoms with Crippen LogP contribution in [0.4, 0.5) is 13.2 Å². The van der Waals surface area contributed by atoms with E-state index >= 15 is 0 Å². The number of nitrogens with one attached hydrogen (secondary N) is 1. The number of carbonyl (C=O) groups is 1. The van der Waals surface area contributed by atoms with Gasteiger partial charge in [-0.2, -0.15) is 13.2 Å². The van der Waals surface area contributed by atoms with Crippen LogP contribution in [-0.4, -0.2) is 27.8 Å². The zero-order valence-electron chi connectivity index (χ0n) is 12.3. The lowest BCUT2D eigenvalue weighted by Gasteiger charge is -2.15. The minimum absolute atomic E-state index is 0.00840. The largest absolute Gasteiger partial charge is 0.507 e. The van der Waals surface area contributed by atoms with Gasteiger partial charge in [-0.3, -0.25) is 4.79 Å². The highest BCUT2D eigenvalue weighted by Crippen LogP contribution is 2.47. The molecule has 0 saturated carbocycles. The summed E-state index contributed by atoms with van der Waals surface area (Å²) in [5, 5.41) is 31.1. The Kier molecular flexibility index (Phi) is 4.87. The second-order valence-electron chi connectivity index (χ2n) is 5.00. The van der Waals surface area contributed by atoms with Crippen LogP contribution in [0.3, 0.4) is 0 Å². The summed E-state index contributed by atoms with van der Waals surface area (Å²) in [6.45, 7) is -0.00840. The number of rotatable bonds is 4. The van der Waals surface area contributed by atoms with E-state index in [1.165, 1.54) is 0 Å². The molecule has 0 aliphatic heterocycles. The topological polar surface area (TPSA) is 89.8 Å². The summed E-state index contributed by atoms with van der Waals surface area (Å²) in [4.78, 5) is 11.8. The Morgan fingerprint density at radius 3 is 2.25 bits per heavy atom. The van der Waals surface area contributed by atoms with Crippen molar-refractivity contribution in [1.29, 1.82) is 0 Å². The van der Waals surface area contributed by atoms with Gasteiger partial charge in [0.15, 0.2) is 11.5 Å². The van der Waals surface area contributed by atoms with Gasteiger partial charge >= 0.3 is 6.18 Å². The van der Waals surface area contributed by atoms with Crippen LogP contribution >= 0.6 is 0 Å². The molecule has 0 aromatic heterocycles. The van der Waals surface area contributed by atoms with Gasteiger partial charge < -0.3 is 20.6 Å². The summed E-state index contributed by atoms with van der Waals surface area (Å²) in [5.74, 6) is -4.00. The Morgan fingerprint density at radius 1 is 1.04 bits per heavy atom. The molecule has 0 heterocycles. The highest BCUT2D eigenvalue weighted by Gasteiger charge is 2.39. The molecular formula is C16H14F3NO4. The Bertz CT molecular complexity index is 745. The van der Waals surface area contributed by atoms with Gasteiger partial charge in [0.2, 0.25) is 0 Å². The normalized spacial score (nSPS) is 11.3. The maximum Gasteiger partial charge on any atom is 0.423 e. The van der Waals surface area contributed by atoms with Crippen LogP contribution < -0.4 is 5.32 Å². The van der Waals surface area contributed by atoms with Crippen molar-refractivity contribution in [3.63, 3.8) is 0 Å². The van der Waals surface area contributed by atoms with E-state index in [0.717, 1.165) is 0 Å². The lowest BCUT2D eigenvalue weighted by molar-refractivity contribution is -0.140. The van der Waals surface area contributed by atoms with E-state index in [1.807, 2.05) is 0 Å². The molecule has 0 saturated heterocycles. The maximum absolute atomic E-state index is 12.7. The van der Waals surface area contributed by atoms with Crippen molar-refractivity contribution in [2.45, 2.75) is 12.6 Å². The molecule has 0 aliphatic rings. The van der Waals surface area contributed by atoms with E-state index in [9.17, 15) is 33.3 Å². The van der Waals surface area contributed by atoms with Gasteiger partial charge in [0.1, 0.15) is 11.3 Å². The van der Waals surface area contributed by atoms with Gasteiger partial charge in [-0.05, 0) is 24.6 Å². The molecule has 2 aromatic rings. The van der Waals surface area contributed by atoms with Gasteiger partial charge in [0.25, 0.3) is 5.91 Å². The molecule has 0 atom stereocenters. The van der Waals surface area contributed by atoms with E-state index in [-0.39, 0.29) is 18.5 Å². The molecule has 0 fully saturated rings. The number of phenolic OH excluding ortho intramolecular Hbond substituents is 3. The van der Waals surface area contributed by atoms with Gasteiger partial charge in [-0.15, -0.1) is 0 Å². The first-order valence-corrected chi connectivity index (χ1v) is 6.89. The van der Waals surface area contributed by atoms with Crippen LogP contribution in [0.5, 0.6) is 17.2 Å². The number of benzene rings is 2. The average molecular weight is 341 g/mol. The first kappa shape index (κ1) is 17.5. The maximum atomic E-state index is 12.7. The number of hydrogen-bond donors (Lipinski definition) is 4. The molecule has 0 unspecified atom stereocenters. The summed E-state index contributed by atoms with van der Waals surface area (Å²) in [7, 11) is 0. The lowest BCUT2D eigenvalue weighted by atomic mass is 10.0. The standard InChI is InChI=1S/C16H14F3NO4/c17-16(18,19)12-11(21)8-10(13(22)14(12)23)6-7-20-15(24)9-4-2-1-3-5-9/h1-5,8,21-23H,6-7H2,(H,20,24). The smallest absolute Gasteiger partial charge is 0.423 e. The molecule has 5 nitrogen and oxygen atoms in total. The van der Waals surface area contributed by atoms with Crippen LogP contribution in [0.2, 0.25) is 0 Å². The monoisotopic (exact) mass is 341 g/mol. The van der Waals surface area contributed by atoms with E-state index in [2.05, 4.69) is 5.32 Å². The van der Waals surface area contributed by atoms with Crippen molar-refractivity contribution in [1.82, 2.24) is 5.32 Å². The third-order valence-electron chi connectivity index (χ3n) is 3.33. The van der Waals surface area contributed by atoms with Crippen LogP contribution in [-0.2, 0) is 12.6 Å². The molecule has 0 spiro atoms. The van der Waals surface area contributed by atoms with Crippen molar-refractivity contribution >= 4 is 5.91 Å². The Balaban J connectivity index is 2.10. The molecule has 4 N–H and O–H groups in total. The number of phenols is 3. The Hall–Kier alpha value is -2.90. The molecule has 128 valence electrons. The van der Waals surface area contributed by atoms with Crippen molar-refractivity contribution in [3.8, 4) is 17.2 Å². The van der Waals surface area contributed by atoms with Crippen molar-refractivity contribution < 1.29 is 33.3 Å². The van der Waals surface area contributed by atoms with Crippen molar-refractivity contribution in [3.05, 3.63) is 53.1 Å². The molecular weight excluding hydrogens is 327 g/mol. The highest BCUT2D eigenvalue weighted by atomic mass is 19.4. The van der Waals surface area contributed by atoms with E-state index in [0.29, 0.717) is 11.6 Å². The zero-order chi connectivity index (χ0) is 17.9. The molecule has 0 aliphatic carbocycles. The summed E-state index contributed by atoms with van der Waals surface area (Å²) in [6.07, 6.45) is -5.09. The molecule has 24 heavy (non-hydrogen) atoms. The molecule has 1 amide bonds. The summed E-state index contributed by atoms with van der Waals surface area (Å²) in [6, 6.07) is 8.97. The molecule has 2 rings (SSSR count). The highest BCUT2D eigenvalue weighted by molar-refractivity contribution is 5.94. The first-order chi connectivity index (χ1) is 11.2. The summed E-state index contributed by atoms with van der Waals surface area (Å²) < 4.78 is 38.0. The molecule has 0 bridgehead atoms. The van der Waals surface area contributed by atoms with E-state index < -0.39 is 34.9 Å². The van der Waals surface area contributed by atoms with Crippen molar-refractivity contribution in [2.24, 2.45) is 0 Å². The number of amides is 1. The third-order valence-corrected chi connectivity index (χ3v) is 3.33. The van der Waals surface area contributed by atoms with E-state index in [4.69, 9.17) is 0 Å². The fourth-order valence-electron chi connectivity index (χ4n) is 2.17. The van der Waals surface area contributed by atoms with E-state index in [1.54, 1.807) is 30.3 Å². The van der Waals surface area contributed by atoms with Crippen molar-refractivity contribution in [2.75, 3.05) is 6.54 Å². The minimum Gasteiger partial charge on any atom is -0.507 e. The fraction of sp³-hybridized carbons (Fsp3) is 0.188. The van der Waals surface area contributed by atoms with Gasteiger partial charge in [-0.25, -0.2) is 0 Å². The number of carbonyl (C=O) groups excluding carboxylic acids is 1. The Labute approximate surface area is 135 Å². The quantitative estimate of drug-likeness (QED) is 0.508. The summed E-state index contributed by atoms with van der Waals surface area (Å²) in [5.41, 5.74) is -1.41. The molecule has 0 radical (unpaired) electrons. The molecule has 8 heteroatoms. The zero-order valence-corrected chi connectivity index (χ0v) is 12.3. The van der Waals surface area contributed by atoms with Crippen LogP contribution in [0.15, 0.2) is 36.4 Å². The second kappa shape index (κ2) is 6.69. The summed E-state index contributed by atoms with van der Waals surface area (Å²) >= 11 is 0. The number of aromatic hydroxyl groups is 3. The first-order valence-electron chi connectivity index (χ1n) is 6.89. The molecule has 2 aromatic carbocycles. The average Bonchev–Trinajstić information content (AvgIpc) is 2.51. The van der Waals surface area contributed by atoms with Crippen LogP contribution in [0, 0.1) is 0 Å². The van der Waals surface area contributed by atoms with Gasteiger partial charge in [-0.1, -0.05) is 18.2 Å². The lowest BCUT2D eigenvalue weighted by Crippen LogP contribution is -2.25. The number of alkyl halides is 3. The number of hydrogen-bond acceptors (Lipinski definition) is 4. The third kappa shape index (κ3) is 3.70. The second-order valence-corrected chi connectivity index (χ2v) is 5.00. The Morgan fingerprint density at radius 2 is 1.67 bits per heavy atom. The number of halogens is 3. The SMILES string of the molecule is O=C(NCCc1cc(O)c(C(F)(F)F)c(O)c1O)c1ccccc1. The van der Waals surface area contributed by atoms with Crippen LogP contribution in [0.1, 0.15) is 21.5 Å². The van der Waals surface area contributed by atoms with Crippen LogP contribution in [0.25, 0.3) is 0 Å². The minimum atomic E-state index is -5.01. The predicted octanol–water partition coefficient (Wildman–Crippen LogP) is 2.79. The van der Waals surface area contributed by atoms with Gasteiger partial charge in [0, 0.05) is 17.7 Å². The fourth-order valence-corrected chi connectivity index (χ4v) is 2.17.